The highest BCUT2D eigenvalue weighted by Crippen LogP contribution is 2.22. The van der Waals surface area contributed by atoms with Crippen LogP contribution in [-0.4, -0.2) is 50.0 Å². The summed E-state index contributed by atoms with van der Waals surface area (Å²) in [4.78, 5) is 27.9. The average Bonchev–Trinajstić information content (AvgIpc) is 3.33. The number of sulfonamides is 1. The molecule has 7 nitrogen and oxygen atoms in total. The Morgan fingerprint density at radius 3 is 2.31 bits per heavy atom. The Bertz CT molecular complexity index is 1100. The van der Waals surface area contributed by atoms with Crippen LogP contribution in [0.3, 0.4) is 0 Å². The molecule has 3 rings (SSSR count). The minimum Gasteiger partial charge on any atom is -0.352 e. The maximum absolute atomic E-state index is 13.3. The van der Waals surface area contributed by atoms with Gasteiger partial charge < -0.3 is 10.2 Å². The molecule has 1 N–H and O–H groups in total. The van der Waals surface area contributed by atoms with Crippen LogP contribution in [0, 0.1) is 0 Å². The zero-order valence-electron chi connectivity index (χ0n) is 20.3. The summed E-state index contributed by atoms with van der Waals surface area (Å²) < 4.78 is 26.0. The van der Waals surface area contributed by atoms with Gasteiger partial charge in [-0.2, -0.15) is 0 Å². The summed E-state index contributed by atoms with van der Waals surface area (Å²) in [6, 6.07) is 15.5. The van der Waals surface area contributed by atoms with Gasteiger partial charge in [-0.25, -0.2) is 8.42 Å². The number of nitrogens with one attached hydrogen (secondary N) is 1. The number of para-hydroxylation sites is 1. The molecule has 0 saturated heterocycles. The smallest absolute Gasteiger partial charge is 0.242 e. The van der Waals surface area contributed by atoms with Gasteiger partial charge in [-0.3, -0.25) is 13.9 Å². The summed E-state index contributed by atoms with van der Waals surface area (Å²) in [5, 5.41) is 3.61. The summed E-state index contributed by atoms with van der Waals surface area (Å²) in [6.07, 6.45) is 5.68. The predicted octanol–water partition coefficient (Wildman–Crippen LogP) is 4.36. The largest absolute Gasteiger partial charge is 0.352 e. The van der Waals surface area contributed by atoms with Crippen molar-refractivity contribution in [1.29, 1.82) is 0 Å². The Balaban J connectivity index is 1.71. The lowest BCUT2D eigenvalue weighted by atomic mass is 10.1. The molecule has 0 unspecified atom stereocenters. The molecular formula is C26H34ClN3O4S. The van der Waals surface area contributed by atoms with Crippen molar-refractivity contribution >= 4 is 39.1 Å². The lowest BCUT2D eigenvalue weighted by Gasteiger charge is -2.30. The fraction of sp³-hybridized carbons (Fsp3) is 0.462. The number of benzene rings is 2. The van der Waals surface area contributed by atoms with Crippen LogP contribution in [0.2, 0.25) is 5.02 Å². The van der Waals surface area contributed by atoms with Gasteiger partial charge in [0, 0.05) is 30.6 Å². The molecule has 1 aliphatic carbocycles. The van der Waals surface area contributed by atoms with Gasteiger partial charge in [0.05, 0.1) is 11.9 Å². The maximum Gasteiger partial charge on any atom is 0.242 e. The van der Waals surface area contributed by atoms with Crippen LogP contribution in [0.25, 0.3) is 0 Å². The van der Waals surface area contributed by atoms with Gasteiger partial charge in [-0.1, -0.05) is 60.8 Å². The number of halogens is 1. The summed E-state index contributed by atoms with van der Waals surface area (Å²) in [5.41, 5.74) is 1.31. The number of hydrogen-bond donors (Lipinski definition) is 1. The molecule has 0 aliphatic heterocycles. The van der Waals surface area contributed by atoms with Gasteiger partial charge in [0.2, 0.25) is 21.8 Å². The lowest BCUT2D eigenvalue weighted by Crippen LogP contribution is -2.49. The monoisotopic (exact) mass is 519 g/mol. The zero-order chi connectivity index (χ0) is 25.4. The molecule has 0 radical (unpaired) electrons. The van der Waals surface area contributed by atoms with Crippen molar-refractivity contribution in [3.63, 3.8) is 0 Å². The van der Waals surface area contributed by atoms with E-state index in [1.807, 2.05) is 24.3 Å². The first kappa shape index (κ1) is 27.0. The molecule has 0 spiro atoms. The fourth-order valence-corrected chi connectivity index (χ4v) is 5.54. The third-order valence-corrected chi connectivity index (χ3v) is 7.93. The molecule has 190 valence electrons. The Labute approximate surface area is 213 Å². The van der Waals surface area contributed by atoms with Crippen LogP contribution in [0.1, 0.15) is 51.0 Å². The molecule has 1 aliphatic rings. The van der Waals surface area contributed by atoms with Crippen molar-refractivity contribution in [3.8, 4) is 0 Å². The molecule has 1 atom stereocenters. The summed E-state index contributed by atoms with van der Waals surface area (Å²) in [5.74, 6) is -0.403. The molecule has 9 heteroatoms. The van der Waals surface area contributed by atoms with E-state index in [2.05, 4.69) is 5.32 Å². The first-order valence-electron chi connectivity index (χ1n) is 12.0. The van der Waals surface area contributed by atoms with Gasteiger partial charge >= 0.3 is 0 Å². The normalized spacial score (nSPS) is 14.9. The highest BCUT2D eigenvalue weighted by atomic mass is 35.5. The van der Waals surface area contributed by atoms with E-state index in [-0.39, 0.29) is 37.4 Å². The molecular weight excluding hydrogens is 486 g/mol. The minimum atomic E-state index is -3.51. The van der Waals surface area contributed by atoms with E-state index in [0.29, 0.717) is 17.1 Å². The van der Waals surface area contributed by atoms with Crippen LogP contribution in [0.15, 0.2) is 54.6 Å². The number of hydrogen-bond acceptors (Lipinski definition) is 4. The van der Waals surface area contributed by atoms with Gasteiger partial charge in [0.15, 0.2) is 0 Å². The third kappa shape index (κ3) is 7.70. The van der Waals surface area contributed by atoms with E-state index in [9.17, 15) is 18.0 Å². The number of anilines is 1. The molecule has 0 bridgehead atoms. The zero-order valence-corrected chi connectivity index (χ0v) is 21.9. The predicted molar refractivity (Wildman–Crippen MR) is 140 cm³/mol. The van der Waals surface area contributed by atoms with Crippen LogP contribution in [0.4, 0.5) is 5.69 Å². The number of carbonyl (C=O) groups is 2. The number of rotatable bonds is 11. The minimum absolute atomic E-state index is 0.102. The Hall–Kier alpha value is -2.58. The molecule has 1 fully saturated rings. The van der Waals surface area contributed by atoms with Crippen molar-refractivity contribution in [2.75, 3.05) is 17.1 Å². The summed E-state index contributed by atoms with van der Waals surface area (Å²) in [6.45, 7) is 2.09. The molecule has 0 heterocycles. The Morgan fingerprint density at radius 1 is 1.06 bits per heavy atom. The second-order valence-electron chi connectivity index (χ2n) is 9.05. The quantitative estimate of drug-likeness (QED) is 0.478. The maximum atomic E-state index is 13.3. The van der Waals surface area contributed by atoms with Crippen LogP contribution in [0.5, 0.6) is 0 Å². The third-order valence-electron chi connectivity index (χ3n) is 6.36. The van der Waals surface area contributed by atoms with Crippen molar-refractivity contribution < 1.29 is 18.0 Å². The SMILES string of the molecule is C[C@@H](C(=O)NC1CCCC1)N(Cc1ccccc1Cl)C(=O)CCCN(c1ccccc1)S(C)(=O)=O. The highest BCUT2D eigenvalue weighted by Gasteiger charge is 2.29. The number of nitrogens with zero attached hydrogens (tertiary/aromatic N) is 2. The topological polar surface area (TPSA) is 86.8 Å². The average molecular weight is 520 g/mol. The lowest BCUT2D eigenvalue weighted by molar-refractivity contribution is -0.140. The van der Waals surface area contributed by atoms with Crippen LogP contribution >= 0.6 is 11.6 Å². The second kappa shape index (κ2) is 12.4. The van der Waals surface area contributed by atoms with Crippen molar-refractivity contribution in [3.05, 3.63) is 65.2 Å². The van der Waals surface area contributed by atoms with Gasteiger partial charge in [0.25, 0.3) is 0 Å². The van der Waals surface area contributed by atoms with Crippen molar-refractivity contribution in [1.82, 2.24) is 10.2 Å². The van der Waals surface area contributed by atoms with Gasteiger partial charge in [-0.05, 0) is 49.9 Å². The van der Waals surface area contributed by atoms with E-state index in [0.717, 1.165) is 37.5 Å². The number of amides is 2. The molecule has 0 aromatic heterocycles. The van der Waals surface area contributed by atoms with Crippen molar-refractivity contribution in [2.45, 2.75) is 64.1 Å². The van der Waals surface area contributed by atoms with Gasteiger partial charge in [0.1, 0.15) is 6.04 Å². The summed E-state index contributed by atoms with van der Waals surface area (Å²) in [7, 11) is -3.51. The molecule has 35 heavy (non-hydrogen) atoms. The molecule has 1 saturated carbocycles. The van der Waals surface area contributed by atoms with Gasteiger partial charge in [-0.15, -0.1) is 0 Å². The number of carbonyl (C=O) groups excluding carboxylic acids is 2. The van der Waals surface area contributed by atoms with E-state index in [4.69, 9.17) is 11.6 Å². The fourth-order valence-electron chi connectivity index (χ4n) is 4.38. The Kier molecular flexibility index (Phi) is 9.57. The summed E-state index contributed by atoms with van der Waals surface area (Å²) >= 11 is 6.35. The first-order valence-corrected chi connectivity index (χ1v) is 14.3. The van der Waals surface area contributed by atoms with E-state index in [1.165, 1.54) is 4.31 Å². The molecule has 2 amide bonds. The van der Waals surface area contributed by atoms with E-state index < -0.39 is 16.1 Å². The highest BCUT2D eigenvalue weighted by molar-refractivity contribution is 7.92. The van der Waals surface area contributed by atoms with Crippen LogP contribution in [-0.2, 0) is 26.2 Å². The first-order chi connectivity index (χ1) is 16.7. The van der Waals surface area contributed by atoms with E-state index >= 15 is 0 Å². The second-order valence-corrected chi connectivity index (χ2v) is 11.4. The van der Waals surface area contributed by atoms with Crippen LogP contribution < -0.4 is 9.62 Å². The standard InChI is InChI=1S/C26H34ClN3O4S/c1-20(26(32)28-22-12-7-8-13-22)29(19-21-11-6-9-16-24(21)27)25(31)17-10-18-30(35(2,33)34)23-14-4-3-5-15-23/h3-6,9,11,14-16,20,22H,7-8,10,12-13,17-19H2,1-2H3,(H,28,32)/t20-/m0/s1. The van der Waals surface area contributed by atoms with E-state index in [1.54, 1.807) is 42.2 Å². The van der Waals surface area contributed by atoms with Crippen molar-refractivity contribution in [2.24, 2.45) is 0 Å². The molecule has 2 aromatic rings. The molecule has 2 aromatic carbocycles. The Morgan fingerprint density at radius 2 is 1.69 bits per heavy atom.